The standard InChI is InChI=1S/C12H19BrN4O2/c1-3-14-11-15-6-9(13)10(17-11)16-7-12(18-2)4-5-19-8-12/h6H,3-5,7-8H2,1-2H3,(H2,14,15,16,17). The van der Waals surface area contributed by atoms with Crippen molar-refractivity contribution >= 4 is 27.7 Å². The molecule has 0 aromatic carbocycles. The molecule has 1 atom stereocenters. The number of halogens is 1. The fourth-order valence-electron chi connectivity index (χ4n) is 1.94. The predicted molar refractivity (Wildman–Crippen MR) is 77.6 cm³/mol. The SMILES string of the molecule is CCNc1ncc(Br)c(NCC2(OC)CCOC2)n1. The van der Waals surface area contributed by atoms with Crippen LogP contribution < -0.4 is 10.6 Å². The topological polar surface area (TPSA) is 68.3 Å². The average molecular weight is 331 g/mol. The molecular weight excluding hydrogens is 312 g/mol. The molecule has 7 heteroatoms. The molecule has 1 aromatic rings. The zero-order valence-electron chi connectivity index (χ0n) is 11.2. The number of hydrogen-bond acceptors (Lipinski definition) is 6. The summed E-state index contributed by atoms with van der Waals surface area (Å²) in [5.74, 6) is 1.37. The molecule has 0 aliphatic carbocycles. The van der Waals surface area contributed by atoms with E-state index >= 15 is 0 Å². The van der Waals surface area contributed by atoms with Gasteiger partial charge in [-0.2, -0.15) is 4.98 Å². The normalized spacial score (nSPS) is 22.5. The molecule has 0 radical (unpaired) electrons. The Morgan fingerprint density at radius 3 is 3.00 bits per heavy atom. The minimum absolute atomic E-state index is 0.261. The molecule has 19 heavy (non-hydrogen) atoms. The molecule has 1 aromatic heterocycles. The minimum atomic E-state index is -0.261. The fraction of sp³-hybridized carbons (Fsp3) is 0.667. The highest BCUT2D eigenvalue weighted by Gasteiger charge is 2.34. The number of ether oxygens (including phenoxy) is 2. The van der Waals surface area contributed by atoms with Gasteiger partial charge in [0.15, 0.2) is 0 Å². The van der Waals surface area contributed by atoms with E-state index in [0.717, 1.165) is 29.9 Å². The molecular formula is C12H19BrN4O2. The lowest BCUT2D eigenvalue weighted by Crippen LogP contribution is -2.39. The summed E-state index contributed by atoms with van der Waals surface area (Å²) in [6.07, 6.45) is 2.62. The van der Waals surface area contributed by atoms with E-state index in [1.54, 1.807) is 13.3 Å². The van der Waals surface area contributed by atoms with Crippen LogP contribution in [0, 0.1) is 0 Å². The molecule has 2 heterocycles. The minimum Gasteiger partial charge on any atom is -0.378 e. The van der Waals surface area contributed by atoms with E-state index in [1.807, 2.05) is 6.92 Å². The highest BCUT2D eigenvalue weighted by Crippen LogP contribution is 2.25. The molecule has 1 unspecified atom stereocenters. The van der Waals surface area contributed by atoms with Crippen LogP contribution in [0.25, 0.3) is 0 Å². The monoisotopic (exact) mass is 330 g/mol. The molecule has 6 nitrogen and oxygen atoms in total. The average Bonchev–Trinajstić information content (AvgIpc) is 2.89. The summed E-state index contributed by atoms with van der Waals surface area (Å²) >= 11 is 3.44. The molecule has 106 valence electrons. The van der Waals surface area contributed by atoms with Crippen LogP contribution in [-0.2, 0) is 9.47 Å². The molecule has 1 saturated heterocycles. The Labute approximate surface area is 121 Å². The van der Waals surface area contributed by atoms with Crippen LogP contribution in [0.1, 0.15) is 13.3 Å². The van der Waals surface area contributed by atoms with Gasteiger partial charge in [0.05, 0.1) is 11.1 Å². The number of aromatic nitrogens is 2. The van der Waals surface area contributed by atoms with Gasteiger partial charge < -0.3 is 20.1 Å². The summed E-state index contributed by atoms with van der Waals surface area (Å²) in [4.78, 5) is 8.59. The quantitative estimate of drug-likeness (QED) is 0.830. The summed E-state index contributed by atoms with van der Waals surface area (Å²) in [6, 6.07) is 0. The van der Waals surface area contributed by atoms with E-state index in [-0.39, 0.29) is 5.60 Å². The maximum absolute atomic E-state index is 5.58. The van der Waals surface area contributed by atoms with Crippen molar-refractivity contribution < 1.29 is 9.47 Å². The zero-order chi connectivity index (χ0) is 13.7. The molecule has 0 bridgehead atoms. The van der Waals surface area contributed by atoms with E-state index in [2.05, 4.69) is 36.5 Å². The lowest BCUT2D eigenvalue weighted by molar-refractivity contribution is -0.00626. The van der Waals surface area contributed by atoms with Crippen LogP contribution in [0.3, 0.4) is 0 Å². The van der Waals surface area contributed by atoms with Crippen molar-refractivity contribution in [2.75, 3.05) is 44.0 Å². The second-order valence-electron chi connectivity index (χ2n) is 4.46. The number of methoxy groups -OCH3 is 1. The lowest BCUT2D eigenvalue weighted by atomic mass is 10.0. The van der Waals surface area contributed by atoms with Crippen LogP contribution >= 0.6 is 15.9 Å². The lowest BCUT2D eigenvalue weighted by Gasteiger charge is -2.26. The van der Waals surface area contributed by atoms with Gasteiger partial charge in [0.25, 0.3) is 0 Å². The van der Waals surface area contributed by atoms with Crippen molar-refractivity contribution in [3.05, 3.63) is 10.7 Å². The first-order valence-corrected chi connectivity index (χ1v) is 7.11. The van der Waals surface area contributed by atoms with Gasteiger partial charge in [-0.3, -0.25) is 0 Å². The van der Waals surface area contributed by atoms with E-state index in [1.165, 1.54) is 0 Å². The number of nitrogens with zero attached hydrogens (tertiary/aromatic N) is 2. The summed E-state index contributed by atoms with van der Waals surface area (Å²) in [7, 11) is 1.72. The van der Waals surface area contributed by atoms with Crippen LogP contribution in [0.4, 0.5) is 11.8 Å². The van der Waals surface area contributed by atoms with Crippen LogP contribution in [0.15, 0.2) is 10.7 Å². The Kier molecular flexibility index (Phi) is 4.95. The Morgan fingerprint density at radius 2 is 2.37 bits per heavy atom. The first kappa shape index (κ1) is 14.5. The van der Waals surface area contributed by atoms with Crippen molar-refractivity contribution in [1.82, 2.24) is 9.97 Å². The third-order valence-electron chi connectivity index (χ3n) is 3.16. The summed E-state index contributed by atoms with van der Waals surface area (Å²) in [5.41, 5.74) is -0.261. The van der Waals surface area contributed by atoms with Crippen molar-refractivity contribution in [2.45, 2.75) is 18.9 Å². The first-order chi connectivity index (χ1) is 9.19. The van der Waals surface area contributed by atoms with E-state index in [4.69, 9.17) is 9.47 Å². The van der Waals surface area contributed by atoms with Gasteiger partial charge in [0.2, 0.25) is 5.95 Å². The maximum Gasteiger partial charge on any atom is 0.224 e. The van der Waals surface area contributed by atoms with E-state index < -0.39 is 0 Å². The van der Waals surface area contributed by atoms with Gasteiger partial charge in [0.1, 0.15) is 11.4 Å². The summed E-state index contributed by atoms with van der Waals surface area (Å²) in [5, 5.41) is 6.39. The number of nitrogens with one attached hydrogen (secondary N) is 2. The molecule has 0 saturated carbocycles. The van der Waals surface area contributed by atoms with Gasteiger partial charge in [-0.05, 0) is 22.9 Å². The maximum atomic E-state index is 5.58. The van der Waals surface area contributed by atoms with Gasteiger partial charge in [-0.1, -0.05) is 0 Å². The molecule has 0 spiro atoms. The summed E-state index contributed by atoms with van der Waals surface area (Å²) in [6.45, 7) is 4.80. The third kappa shape index (κ3) is 3.55. The molecule has 1 aliphatic heterocycles. The second kappa shape index (κ2) is 6.49. The predicted octanol–water partition coefficient (Wildman–Crippen LogP) is 1.89. The van der Waals surface area contributed by atoms with Gasteiger partial charge in [-0.25, -0.2) is 4.98 Å². The molecule has 2 rings (SSSR count). The first-order valence-electron chi connectivity index (χ1n) is 6.32. The fourth-order valence-corrected chi connectivity index (χ4v) is 2.27. The van der Waals surface area contributed by atoms with Gasteiger partial charge in [-0.15, -0.1) is 0 Å². The Balaban J connectivity index is 2.03. The van der Waals surface area contributed by atoms with Crippen molar-refractivity contribution in [1.29, 1.82) is 0 Å². The number of rotatable bonds is 6. The van der Waals surface area contributed by atoms with Crippen LogP contribution in [-0.4, -0.2) is 49.0 Å². The van der Waals surface area contributed by atoms with Gasteiger partial charge in [0, 0.05) is 39.4 Å². The highest BCUT2D eigenvalue weighted by molar-refractivity contribution is 9.10. The number of anilines is 2. The second-order valence-corrected chi connectivity index (χ2v) is 5.32. The van der Waals surface area contributed by atoms with E-state index in [0.29, 0.717) is 19.1 Å². The van der Waals surface area contributed by atoms with Crippen LogP contribution in [0.2, 0.25) is 0 Å². The number of hydrogen-bond donors (Lipinski definition) is 2. The Morgan fingerprint density at radius 1 is 1.53 bits per heavy atom. The van der Waals surface area contributed by atoms with Crippen molar-refractivity contribution in [3.63, 3.8) is 0 Å². The Bertz CT molecular complexity index is 424. The zero-order valence-corrected chi connectivity index (χ0v) is 12.8. The van der Waals surface area contributed by atoms with Crippen molar-refractivity contribution in [2.24, 2.45) is 0 Å². The van der Waals surface area contributed by atoms with E-state index in [9.17, 15) is 0 Å². The highest BCUT2D eigenvalue weighted by atomic mass is 79.9. The smallest absolute Gasteiger partial charge is 0.224 e. The largest absolute Gasteiger partial charge is 0.378 e. The third-order valence-corrected chi connectivity index (χ3v) is 3.74. The van der Waals surface area contributed by atoms with Gasteiger partial charge >= 0.3 is 0 Å². The molecule has 0 amide bonds. The molecule has 2 N–H and O–H groups in total. The summed E-state index contributed by atoms with van der Waals surface area (Å²) < 4.78 is 11.8. The van der Waals surface area contributed by atoms with Crippen molar-refractivity contribution in [3.8, 4) is 0 Å². The molecule has 1 fully saturated rings. The van der Waals surface area contributed by atoms with Crippen LogP contribution in [0.5, 0.6) is 0 Å². The molecule has 1 aliphatic rings. The Hall–Kier alpha value is -0.920.